The predicted molar refractivity (Wildman–Crippen MR) is 139 cm³/mol. The van der Waals surface area contributed by atoms with Crippen LogP contribution in [-0.2, 0) is 0 Å². The first kappa shape index (κ1) is 23.8. The van der Waals surface area contributed by atoms with Gasteiger partial charge in [-0.25, -0.2) is 9.97 Å². The van der Waals surface area contributed by atoms with Gasteiger partial charge >= 0.3 is 0 Å². The Kier molecular flexibility index (Phi) is 7.49. The van der Waals surface area contributed by atoms with Crippen molar-refractivity contribution in [2.45, 2.75) is 19.9 Å². The van der Waals surface area contributed by atoms with E-state index < -0.39 is 0 Å². The van der Waals surface area contributed by atoms with Crippen LogP contribution < -0.4 is 21.3 Å². The van der Waals surface area contributed by atoms with Crippen LogP contribution in [0.15, 0.2) is 48.9 Å². The SMILES string of the molecule is CC(C)C1CN(c2cnc(C(=O)NCCN)cn2)CCN1C(=S)Nc1cccc2ncccc12. The minimum absolute atomic E-state index is 0.191. The molecule has 0 aliphatic carbocycles. The van der Waals surface area contributed by atoms with E-state index in [-0.39, 0.29) is 17.6 Å². The molecule has 2 aromatic heterocycles. The fourth-order valence-electron chi connectivity index (χ4n) is 4.12. The number of nitrogens with one attached hydrogen (secondary N) is 2. The zero-order chi connectivity index (χ0) is 24.1. The lowest BCUT2D eigenvalue weighted by Gasteiger charge is -2.45. The van der Waals surface area contributed by atoms with E-state index in [4.69, 9.17) is 18.0 Å². The molecular weight excluding hydrogens is 448 g/mol. The van der Waals surface area contributed by atoms with Gasteiger partial charge in [0.15, 0.2) is 5.11 Å². The lowest BCUT2D eigenvalue weighted by atomic mass is 10.00. The normalized spacial score (nSPS) is 16.1. The van der Waals surface area contributed by atoms with E-state index in [1.807, 2.05) is 30.3 Å². The average molecular weight is 479 g/mol. The fraction of sp³-hybridized carbons (Fsp3) is 0.375. The third-order valence-electron chi connectivity index (χ3n) is 5.96. The van der Waals surface area contributed by atoms with Crippen LogP contribution in [0.5, 0.6) is 0 Å². The van der Waals surface area contributed by atoms with Crippen LogP contribution in [0.25, 0.3) is 10.9 Å². The molecule has 0 bridgehead atoms. The summed E-state index contributed by atoms with van der Waals surface area (Å²) in [6.45, 7) is 7.43. The molecule has 3 heterocycles. The van der Waals surface area contributed by atoms with Crippen molar-refractivity contribution in [1.29, 1.82) is 0 Å². The smallest absolute Gasteiger partial charge is 0.271 e. The highest BCUT2D eigenvalue weighted by atomic mass is 32.1. The lowest BCUT2D eigenvalue weighted by Crippen LogP contribution is -2.58. The molecule has 9 nitrogen and oxygen atoms in total. The minimum atomic E-state index is -0.269. The molecule has 1 aliphatic heterocycles. The van der Waals surface area contributed by atoms with Crippen molar-refractivity contribution in [1.82, 2.24) is 25.2 Å². The molecule has 178 valence electrons. The van der Waals surface area contributed by atoms with Gasteiger partial charge in [0.1, 0.15) is 11.5 Å². The molecule has 34 heavy (non-hydrogen) atoms. The van der Waals surface area contributed by atoms with Gasteiger partial charge in [-0.15, -0.1) is 0 Å². The molecule has 1 aromatic carbocycles. The van der Waals surface area contributed by atoms with E-state index in [0.717, 1.165) is 42.0 Å². The summed E-state index contributed by atoms with van der Waals surface area (Å²) in [5.41, 5.74) is 7.60. The first-order chi connectivity index (χ1) is 16.5. The summed E-state index contributed by atoms with van der Waals surface area (Å²) in [6, 6.07) is 10.2. The number of amides is 1. The highest BCUT2D eigenvalue weighted by Gasteiger charge is 2.31. The van der Waals surface area contributed by atoms with Gasteiger partial charge in [-0.05, 0) is 42.4 Å². The summed E-state index contributed by atoms with van der Waals surface area (Å²) < 4.78 is 0. The Morgan fingerprint density at radius 3 is 2.76 bits per heavy atom. The van der Waals surface area contributed by atoms with Crippen LogP contribution >= 0.6 is 12.2 Å². The molecule has 0 radical (unpaired) electrons. The Bertz CT molecular complexity index is 1150. The van der Waals surface area contributed by atoms with Crippen LogP contribution in [0, 0.1) is 5.92 Å². The van der Waals surface area contributed by atoms with Crippen molar-refractivity contribution in [3.63, 3.8) is 0 Å². The van der Waals surface area contributed by atoms with Gasteiger partial charge in [-0.3, -0.25) is 9.78 Å². The zero-order valence-electron chi connectivity index (χ0n) is 19.4. The Labute approximate surface area is 204 Å². The summed E-state index contributed by atoms with van der Waals surface area (Å²) in [7, 11) is 0. The molecule has 1 amide bonds. The fourth-order valence-corrected chi connectivity index (χ4v) is 4.45. The van der Waals surface area contributed by atoms with Crippen molar-refractivity contribution < 1.29 is 4.79 Å². The highest BCUT2D eigenvalue weighted by molar-refractivity contribution is 7.80. The number of nitrogens with two attached hydrogens (primary N) is 1. The Morgan fingerprint density at radius 1 is 1.18 bits per heavy atom. The van der Waals surface area contributed by atoms with Gasteiger partial charge in [0.25, 0.3) is 5.91 Å². The maximum absolute atomic E-state index is 12.1. The van der Waals surface area contributed by atoms with Crippen LogP contribution in [0.3, 0.4) is 0 Å². The largest absolute Gasteiger partial charge is 0.351 e. The number of nitrogens with zero attached hydrogens (tertiary/aromatic N) is 5. The summed E-state index contributed by atoms with van der Waals surface area (Å²) in [5, 5.41) is 7.90. The van der Waals surface area contributed by atoms with E-state index in [9.17, 15) is 4.79 Å². The number of anilines is 2. The number of rotatable bonds is 6. The Balaban J connectivity index is 1.45. The van der Waals surface area contributed by atoms with E-state index in [2.05, 4.69) is 49.2 Å². The molecule has 1 unspecified atom stereocenters. The third-order valence-corrected chi connectivity index (χ3v) is 6.30. The Hall–Kier alpha value is -3.37. The standard InChI is InChI=1S/C24H30N8OS/c1-16(2)21-15-31(22-14-28-20(13-29-22)23(33)27-10-8-25)11-12-32(21)24(34)30-19-7-3-6-18-17(19)5-4-9-26-18/h3-7,9,13-14,16,21H,8,10-12,15,25H2,1-2H3,(H,27,33)(H,30,34). The van der Waals surface area contributed by atoms with Crippen LogP contribution in [0.4, 0.5) is 11.5 Å². The number of piperazine rings is 1. The second kappa shape index (κ2) is 10.7. The van der Waals surface area contributed by atoms with Crippen molar-refractivity contribution in [3.8, 4) is 0 Å². The lowest BCUT2D eigenvalue weighted by molar-refractivity contribution is 0.0949. The summed E-state index contributed by atoms with van der Waals surface area (Å²) >= 11 is 5.85. The maximum atomic E-state index is 12.1. The van der Waals surface area contributed by atoms with Crippen LogP contribution in [0.1, 0.15) is 24.3 Å². The Morgan fingerprint density at radius 2 is 2.03 bits per heavy atom. The van der Waals surface area contributed by atoms with Gasteiger partial charge < -0.3 is 26.2 Å². The summed E-state index contributed by atoms with van der Waals surface area (Å²) in [6.07, 6.45) is 4.96. The maximum Gasteiger partial charge on any atom is 0.271 e. The number of carbonyl (C=O) groups excluding carboxylic acids is 1. The average Bonchev–Trinajstić information content (AvgIpc) is 2.87. The number of hydrogen-bond acceptors (Lipinski definition) is 7. The van der Waals surface area contributed by atoms with Crippen molar-refractivity contribution in [2.24, 2.45) is 11.7 Å². The molecule has 10 heteroatoms. The van der Waals surface area contributed by atoms with Crippen molar-refractivity contribution in [3.05, 3.63) is 54.6 Å². The molecule has 1 fully saturated rings. The number of pyridine rings is 1. The summed E-state index contributed by atoms with van der Waals surface area (Å²) in [5.74, 6) is 0.847. The molecule has 1 saturated heterocycles. The molecule has 3 aromatic rings. The quantitative estimate of drug-likeness (QED) is 0.459. The van der Waals surface area contributed by atoms with E-state index >= 15 is 0 Å². The van der Waals surface area contributed by atoms with Gasteiger partial charge in [0.2, 0.25) is 0 Å². The molecule has 0 saturated carbocycles. The zero-order valence-corrected chi connectivity index (χ0v) is 20.3. The highest BCUT2D eigenvalue weighted by Crippen LogP contribution is 2.25. The monoisotopic (exact) mass is 478 g/mol. The molecular formula is C24H30N8OS. The minimum Gasteiger partial charge on any atom is -0.351 e. The number of thiocarbonyl (C=S) groups is 1. The summed E-state index contributed by atoms with van der Waals surface area (Å²) in [4.78, 5) is 29.7. The van der Waals surface area contributed by atoms with Crippen molar-refractivity contribution in [2.75, 3.05) is 42.9 Å². The first-order valence-corrected chi connectivity index (χ1v) is 11.9. The van der Waals surface area contributed by atoms with Gasteiger partial charge in [0, 0.05) is 50.0 Å². The van der Waals surface area contributed by atoms with Gasteiger partial charge in [0.05, 0.1) is 24.0 Å². The molecule has 4 N–H and O–H groups in total. The van der Waals surface area contributed by atoms with Gasteiger partial charge in [-0.2, -0.15) is 0 Å². The first-order valence-electron chi connectivity index (χ1n) is 11.4. The molecule has 1 aliphatic rings. The molecule has 1 atom stereocenters. The third kappa shape index (κ3) is 5.23. The number of hydrogen-bond donors (Lipinski definition) is 3. The van der Waals surface area contributed by atoms with E-state index in [1.165, 1.54) is 6.20 Å². The number of benzene rings is 1. The van der Waals surface area contributed by atoms with Crippen molar-refractivity contribution >= 4 is 45.6 Å². The number of aromatic nitrogens is 3. The predicted octanol–water partition coefficient (Wildman–Crippen LogP) is 2.26. The number of fused-ring (bicyclic) bond motifs is 1. The van der Waals surface area contributed by atoms with Crippen LogP contribution in [0.2, 0.25) is 0 Å². The van der Waals surface area contributed by atoms with E-state index in [0.29, 0.717) is 24.1 Å². The number of carbonyl (C=O) groups is 1. The van der Waals surface area contributed by atoms with E-state index in [1.54, 1.807) is 12.4 Å². The molecule has 4 rings (SSSR count). The van der Waals surface area contributed by atoms with Gasteiger partial charge in [-0.1, -0.05) is 19.9 Å². The molecule has 0 spiro atoms. The van der Waals surface area contributed by atoms with Crippen LogP contribution in [-0.4, -0.2) is 69.6 Å². The topological polar surface area (TPSA) is 112 Å². The second-order valence-electron chi connectivity index (χ2n) is 8.56. The second-order valence-corrected chi connectivity index (χ2v) is 8.95.